The Labute approximate surface area is 132 Å². The Bertz CT molecular complexity index is 897. The molecule has 0 bridgehead atoms. The van der Waals surface area contributed by atoms with Crippen LogP contribution in [0.2, 0.25) is 0 Å². The highest BCUT2D eigenvalue weighted by atomic mass is 32.2. The normalized spacial score (nSPS) is 12.0. The summed E-state index contributed by atoms with van der Waals surface area (Å²) in [6.45, 7) is 0. The Morgan fingerprint density at radius 3 is 2.29 bits per heavy atom. The molecule has 0 heterocycles. The first-order valence-corrected chi connectivity index (χ1v) is 7.63. The third kappa shape index (κ3) is 3.62. The van der Waals surface area contributed by atoms with Crippen molar-refractivity contribution in [2.75, 3.05) is 4.72 Å². The van der Waals surface area contributed by atoms with E-state index in [1.54, 1.807) is 4.72 Å². The monoisotopic (exact) mass is 364 g/mol. The average molecular weight is 364 g/mol. The smallest absolute Gasteiger partial charge is 0.279 e. The molecule has 0 aliphatic carbocycles. The fourth-order valence-electron chi connectivity index (χ4n) is 1.87. The molecular weight excluding hydrogens is 356 g/mol. The minimum Gasteiger partial charge on any atom is -0.279 e. The first kappa shape index (κ1) is 17.7. The number of sulfonamides is 1. The number of hydrogen-bond donors (Lipinski definition) is 1. The number of hydrogen-bond acceptors (Lipinski definition) is 4. The Kier molecular flexibility index (Phi) is 4.47. The molecule has 128 valence electrons. The van der Waals surface area contributed by atoms with E-state index in [4.69, 9.17) is 0 Å². The quantitative estimate of drug-likeness (QED) is 0.510. The summed E-state index contributed by atoms with van der Waals surface area (Å²) in [6.07, 6.45) is -5.03. The minimum absolute atomic E-state index is 0.122. The molecule has 0 aliphatic heterocycles. The molecule has 1 N–H and O–H groups in total. The molecule has 0 aliphatic rings. The van der Waals surface area contributed by atoms with E-state index < -0.39 is 48.8 Å². The number of benzene rings is 2. The number of alkyl halides is 3. The molecule has 24 heavy (non-hydrogen) atoms. The molecule has 0 radical (unpaired) electrons. The second-order valence-electron chi connectivity index (χ2n) is 4.52. The van der Waals surface area contributed by atoms with E-state index in [1.807, 2.05) is 0 Å². The third-order valence-corrected chi connectivity index (χ3v) is 4.30. The molecule has 6 nitrogen and oxygen atoms in total. The first-order valence-electron chi connectivity index (χ1n) is 6.15. The minimum atomic E-state index is -5.03. The predicted molar refractivity (Wildman–Crippen MR) is 75.3 cm³/mol. The van der Waals surface area contributed by atoms with Gasteiger partial charge in [-0.15, -0.1) is 0 Å². The summed E-state index contributed by atoms with van der Waals surface area (Å²) >= 11 is 0. The SMILES string of the molecule is O=[N+]([O-])c1ccccc1S(=O)(=O)Nc1ccc(F)cc1C(F)(F)F. The molecule has 2 rings (SSSR count). The molecule has 0 atom stereocenters. The van der Waals surface area contributed by atoms with Gasteiger partial charge in [-0.05, 0) is 24.3 Å². The number of nitro groups is 1. The molecule has 2 aromatic rings. The lowest BCUT2D eigenvalue weighted by atomic mass is 10.2. The molecule has 0 saturated carbocycles. The van der Waals surface area contributed by atoms with E-state index in [0.717, 1.165) is 12.1 Å². The van der Waals surface area contributed by atoms with E-state index in [0.29, 0.717) is 12.1 Å². The largest absolute Gasteiger partial charge is 0.418 e. The van der Waals surface area contributed by atoms with E-state index in [9.17, 15) is 36.1 Å². The maximum atomic E-state index is 13.0. The maximum Gasteiger partial charge on any atom is 0.418 e. The van der Waals surface area contributed by atoms with Crippen LogP contribution < -0.4 is 4.72 Å². The molecule has 0 aromatic heterocycles. The van der Waals surface area contributed by atoms with Crippen molar-refractivity contribution in [3.63, 3.8) is 0 Å². The van der Waals surface area contributed by atoms with Gasteiger partial charge in [-0.1, -0.05) is 12.1 Å². The zero-order valence-corrected chi connectivity index (χ0v) is 12.4. The summed E-state index contributed by atoms with van der Waals surface area (Å²) in [7, 11) is -4.70. The van der Waals surface area contributed by atoms with Crippen molar-refractivity contribution in [3.05, 3.63) is 64.0 Å². The van der Waals surface area contributed by atoms with Crippen LogP contribution >= 0.6 is 0 Å². The van der Waals surface area contributed by atoms with Crippen LogP contribution in [-0.2, 0) is 16.2 Å². The van der Waals surface area contributed by atoms with Crippen molar-refractivity contribution < 1.29 is 30.9 Å². The van der Waals surface area contributed by atoms with Crippen LogP contribution in [0.3, 0.4) is 0 Å². The van der Waals surface area contributed by atoms with Gasteiger partial charge in [0.25, 0.3) is 15.7 Å². The third-order valence-electron chi connectivity index (χ3n) is 2.88. The van der Waals surface area contributed by atoms with E-state index in [-0.39, 0.29) is 6.07 Å². The van der Waals surface area contributed by atoms with Crippen LogP contribution in [0.4, 0.5) is 28.9 Å². The van der Waals surface area contributed by atoms with Gasteiger partial charge in [0, 0.05) is 6.07 Å². The van der Waals surface area contributed by atoms with Gasteiger partial charge in [-0.3, -0.25) is 14.8 Å². The lowest BCUT2D eigenvalue weighted by Gasteiger charge is -2.15. The summed E-state index contributed by atoms with van der Waals surface area (Å²) in [5, 5.41) is 10.9. The van der Waals surface area contributed by atoms with Crippen LogP contribution in [0.25, 0.3) is 0 Å². The zero-order valence-electron chi connectivity index (χ0n) is 11.5. The van der Waals surface area contributed by atoms with Crippen LogP contribution in [-0.4, -0.2) is 13.3 Å². The van der Waals surface area contributed by atoms with Gasteiger partial charge < -0.3 is 0 Å². The van der Waals surface area contributed by atoms with Gasteiger partial charge >= 0.3 is 6.18 Å². The number of anilines is 1. The van der Waals surface area contributed by atoms with Gasteiger partial charge in [0.2, 0.25) is 0 Å². The van der Waals surface area contributed by atoms with Crippen molar-refractivity contribution in [2.24, 2.45) is 0 Å². The molecule has 0 amide bonds. The molecule has 0 spiro atoms. The molecule has 0 fully saturated rings. The number of halogens is 4. The summed E-state index contributed by atoms with van der Waals surface area (Å²) in [4.78, 5) is 9.08. The summed E-state index contributed by atoms with van der Waals surface area (Å²) < 4.78 is 77.8. The van der Waals surface area contributed by atoms with Gasteiger partial charge in [0.15, 0.2) is 4.90 Å². The van der Waals surface area contributed by atoms with E-state index >= 15 is 0 Å². The lowest BCUT2D eigenvalue weighted by Crippen LogP contribution is -2.18. The molecule has 0 saturated heterocycles. The Morgan fingerprint density at radius 2 is 1.71 bits per heavy atom. The second kappa shape index (κ2) is 6.07. The fourth-order valence-corrected chi connectivity index (χ4v) is 3.13. The number of nitrogens with one attached hydrogen (secondary N) is 1. The Morgan fingerprint density at radius 1 is 1.08 bits per heavy atom. The van der Waals surface area contributed by atoms with Crippen LogP contribution in [0.5, 0.6) is 0 Å². The highest BCUT2D eigenvalue weighted by Crippen LogP contribution is 2.36. The molecule has 11 heteroatoms. The zero-order chi connectivity index (χ0) is 18.1. The number of rotatable bonds is 4. The first-order chi connectivity index (χ1) is 11.0. The number of nitro benzene ring substituents is 1. The molecule has 0 unspecified atom stereocenters. The van der Waals surface area contributed by atoms with Gasteiger partial charge in [0.1, 0.15) is 5.82 Å². The standard InChI is InChI=1S/C13H8F4N2O4S/c14-8-5-6-10(9(7-8)13(15,16)17)18-24(22,23)12-4-2-1-3-11(12)19(20)21/h1-7,18H. The summed E-state index contributed by atoms with van der Waals surface area (Å²) in [5.41, 5.74) is -3.30. The average Bonchev–Trinajstić information content (AvgIpc) is 2.48. The highest BCUT2D eigenvalue weighted by molar-refractivity contribution is 7.92. The number of nitrogens with zero attached hydrogens (tertiary/aromatic N) is 1. The Balaban J connectivity index is 2.54. The molecule has 2 aromatic carbocycles. The van der Waals surface area contributed by atoms with Crippen molar-refractivity contribution >= 4 is 21.4 Å². The molecular formula is C13H8F4N2O4S. The van der Waals surface area contributed by atoms with Gasteiger partial charge in [0.05, 0.1) is 16.2 Å². The summed E-state index contributed by atoms with van der Waals surface area (Å²) in [5.74, 6) is -1.21. The van der Waals surface area contributed by atoms with Gasteiger partial charge in [-0.2, -0.15) is 13.2 Å². The predicted octanol–water partition coefficient (Wildman–Crippen LogP) is 3.55. The van der Waals surface area contributed by atoms with Crippen molar-refractivity contribution in [3.8, 4) is 0 Å². The van der Waals surface area contributed by atoms with Crippen LogP contribution in [0.15, 0.2) is 47.4 Å². The fraction of sp³-hybridized carbons (Fsp3) is 0.0769. The highest BCUT2D eigenvalue weighted by Gasteiger charge is 2.36. The van der Waals surface area contributed by atoms with Crippen LogP contribution in [0.1, 0.15) is 5.56 Å². The van der Waals surface area contributed by atoms with Crippen LogP contribution in [0, 0.1) is 15.9 Å². The van der Waals surface area contributed by atoms with E-state index in [2.05, 4.69) is 0 Å². The van der Waals surface area contributed by atoms with Crippen molar-refractivity contribution in [1.29, 1.82) is 0 Å². The Hall–Kier alpha value is -2.69. The second-order valence-corrected chi connectivity index (χ2v) is 6.17. The lowest BCUT2D eigenvalue weighted by molar-refractivity contribution is -0.387. The van der Waals surface area contributed by atoms with E-state index in [1.165, 1.54) is 12.1 Å². The van der Waals surface area contributed by atoms with Crippen molar-refractivity contribution in [2.45, 2.75) is 11.1 Å². The number of para-hydroxylation sites is 1. The van der Waals surface area contributed by atoms with Gasteiger partial charge in [-0.25, -0.2) is 12.8 Å². The summed E-state index contributed by atoms with van der Waals surface area (Å²) in [6, 6.07) is 5.49. The topological polar surface area (TPSA) is 89.3 Å². The maximum absolute atomic E-state index is 13.0. The van der Waals surface area contributed by atoms with Crippen molar-refractivity contribution in [1.82, 2.24) is 0 Å².